The topological polar surface area (TPSA) is 52.3 Å². The SMILES string of the molecule is COc1c(Br)ccc(Cl)c1C(=O)CN. The lowest BCUT2D eigenvalue weighted by atomic mass is 10.1. The second kappa shape index (κ2) is 4.77. The molecule has 1 rings (SSSR count). The monoisotopic (exact) mass is 277 g/mol. The van der Waals surface area contributed by atoms with Gasteiger partial charge in [0.1, 0.15) is 5.75 Å². The summed E-state index contributed by atoms with van der Waals surface area (Å²) in [6, 6.07) is 3.34. The zero-order chi connectivity index (χ0) is 10.7. The van der Waals surface area contributed by atoms with E-state index >= 15 is 0 Å². The van der Waals surface area contributed by atoms with E-state index in [4.69, 9.17) is 22.1 Å². The van der Waals surface area contributed by atoms with Crippen molar-refractivity contribution in [2.75, 3.05) is 13.7 Å². The summed E-state index contributed by atoms with van der Waals surface area (Å²) >= 11 is 9.14. The number of hydrogen-bond donors (Lipinski definition) is 1. The Balaban J connectivity index is 3.37. The molecule has 0 unspecified atom stereocenters. The number of hydrogen-bond acceptors (Lipinski definition) is 3. The first-order chi connectivity index (χ1) is 6.61. The number of ether oxygens (including phenoxy) is 1. The van der Waals surface area contributed by atoms with Crippen LogP contribution in [0.15, 0.2) is 16.6 Å². The molecule has 1 aromatic carbocycles. The van der Waals surface area contributed by atoms with Gasteiger partial charge in [0.2, 0.25) is 0 Å². The second-order valence-corrected chi connectivity index (χ2v) is 3.83. The fourth-order valence-corrected chi connectivity index (χ4v) is 1.84. The molecule has 5 heteroatoms. The molecule has 1 aromatic rings. The van der Waals surface area contributed by atoms with Gasteiger partial charge in [0, 0.05) is 0 Å². The molecule has 0 aliphatic heterocycles. The largest absolute Gasteiger partial charge is 0.495 e. The Hall–Kier alpha value is -0.580. The van der Waals surface area contributed by atoms with Crippen LogP contribution < -0.4 is 10.5 Å². The number of nitrogens with two attached hydrogens (primary N) is 1. The quantitative estimate of drug-likeness (QED) is 0.863. The van der Waals surface area contributed by atoms with Crippen molar-refractivity contribution in [3.63, 3.8) is 0 Å². The fraction of sp³-hybridized carbons (Fsp3) is 0.222. The number of ketones is 1. The Labute approximate surface area is 95.3 Å². The lowest BCUT2D eigenvalue weighted by Crippen LogP contribution is -2.15. The van der Waals surface area contributed by atoms with Crippen LogP contribution in [0, 0.1) is 0 Å². The second-order valence-electron chi connectivity index (χ2n) is 2.56. The third kappa shape index (κ3) is 2.08. The van der Waals surface area contributed by atoms with Crippen LogP contribution in [0.5, 0.6) is 5.75 Å². The van der Waals surface area contributed by atoms with Crippen LogP contribution >= 0.6 is 27.5 Å². The van der Waals surface area contributed by atoms with Gasteiger partial charge in [-0.25, -0.2) is 0 Å². The van der Waals surface area contributed by atoms with Crippen LogP contribution in [0.3, 0.4) is 0 Å². The van der Waals surface area contributed by atoms with Gasteiger partial charge >= 0.3 is 0 Å². The first-order valence-corrected chi connectivity index (χ1v) is 5.04. The molecule has 3 nitrogen and oxygen atoms in total. The van der Waals surface area contributed by atoms with Crippen molar-refractivity contribution in [3.05, 3.63) is 27.2 Å². The lowest BCUT2D eigenvalue weighted by Gasteiger charge is -2.10. The van der Waals surface area contributed by atoms with E-state index in [0.717, 1.165) is 0 Å². The molecule has 0 radical (unpaired) electrons. The molecule has 0 bridgehead atoms. The lowest BCUT2D eigenvalue weighted by molar-refractivity contribution is 0.0998. The molecule has 0 fully saturated rings. The maximum Gasteiger partial charge on any atom is 0.181 e. The van der Waals surface area contributed by atoms with Gasteiger partial charge in [-0.3, -0.25) is 4.79 Å². The fourth-order valence-electron chi connectivity index (χ4n) is 1.09. The van der Waals surface area contributed by atoms with E-state index in [0.29, 0.717) is 20.8 Å². The number of methoxy groups -OCH3 is 1. The summed E-state index contributed by atoms with van der Waals surface area (Å²) in [6.07, 6.45) is 0. The molecule has 14 heavy (non-hydrogen) atoms. The van der Waals surface area contributed by atoms with E-state index in [1.165, 1.54) is 7.11 Å². The van der Waals surface area contributed by atoms with E-state index in [-0.39, 0.29) is 12.3 Å². The van der Waals surface area contributed by atoms with Crippen molar-refractivity contribution in [3.8, 4) is 5.75 Å². The third-order valence-corrected chi connectivity index (χ3v) is 2.67. The summed E-state index contributed by atoms with van der Waals surface area (Å²) in [4.78, 5) is 11.5. The molecule has 0 spiro atoms. The standard InChI is InChI=1S/C9H9BrClNO2/c1-14-9-5(10)2-3-6(11)8(9)7(13)4-12/h2-3H,4,12H2,1H3. The zero-order valence-corrected chi connectivity index (χ0v) is 9.85. The van der Waals surface area contributed by atoms with Gasteiger partial charge in [0.05, 0.1) is 28.7 Å². The Kier molecular flexibility index (Phi) is 3.92. The van der Waals surface area contributed by atoms with E-state index in [9.17, 15) is 4.79 Å². The average Bonchev–Trinajstić information content (AvgIpc) is 2.19. The van der Waals surface area contributed by atoms with Crippen LogP contribution in [-0.4, -0.2) is 19.4 Å². The Bertz CT molecular complexity index is 368. The molecule has 0 heterocycles. The minimum absolute atomic E-state index is 0.0907. The van der Waals surface area contributed by atoms with Crippen LogP contribution in [-0.2, 0) is 0 Å². The van der Waals surface area contributed by atoms with E-state index in [2.05, 4.69) is 15.9 Å². The summed E-state index contributed by atoms with van der Waals surface area (Å²) in [5.74, 6) is 0.182. The highest BCUT2D eigenvalue weighted by Gasteiger charge is 2.17. The summed E-state index contributed by atoms with van der Waals surface area (Å²) in [7, 11) is 1.48. The highest BCUT2D eigenvalue weighted by Crippen LogP contribution is 2.34. The van der Waals surface area contributed by atoms with Crippen molar-refractivity contribution < 1.29 is 9.53 Å². The van der Waals surface area contributed by atoms with E-state index in [1.54, 1.807) is 12.1 Å². The van der Waals surface area contributed by atoms with Gasteiger partial charge in [-0.2, -0.15) is 0 Å². The number of carbonyl (C=O) groups excluding carboxylic acids is 1. The summed E-state index contributed by atoms with van der Waals surface area (Å²) in [5, 5.41) is 0.348. The van der Waals surface area contributed by atoms with Gasteiger partial charge in [-0.15, -0.1) is 0 Å². The Morgan fingerprint density at radius 3 is 2.79 bits per heavy atom. The molecule has 2 N–H and O–H groups in total. The van der Waals surface area contributed by atoms with Gasteiger partial charge in [0.25, 0.3) is 0 Å². The highest BCUT2D eigenvalue weighted by atomic mass is 79.9. The van der Waals surface area contributed by atoms with Crippen molar-refractivity contribution >= 4 is 33.3 Å². The highest BCUT2D eigenvalue weighted by molar-refractivity contribution is 9.10. The number of rotatable bonds is 3. The normalized spacial score (nSPS) is 10.0. The number of Topliss-reactive ketones (excluding diaryl/α,β-unsaturated/α-hetero) is 1. The third-order valence-electron chi connectivity index (χ3n) is 1.73. The first kappa shape index (κ1) is 11.5. The molecular formula is C9H9BrClNO2. The first-order valence-electron chi connectivity index (χ1n) is 3.87. The van der Waals surface area contributed by atoms with Gasteiger partial charge in [-0.1, -0.05) is 11.6 Å². The maximum absolute atomic E-state index is 11.5. The summed E-state index contributed by atoms with van der Waals surface area (Å²) in [5.41, 5.74) is 5.59. The molecule has 76 valence electrons. The number of benzene rings is 1. The minimum atomic E-state index is -0.242. The van der Waals surface area contributed by atoms with Crippen LogP contribution in [0.2, 0.25) is 5.02 Å². The number of carbonyl (C=O) groups is 1. The van der Waals surface area contributed by atoms with E-state index in [1.807, 2.05) is 0 Å². The van der Waals surface area contributed by atoms with Crippen LogP contribution in [0.25, 0.3) is 0 Å². The molecule has 0 saturated carbocycles. The molecule has 0 aliphatic carbocycles. The van der Waals surface area contributed by atoms with Crippen LogP contribution in [0.1, 0.15) is 10.4 Å². The Morgan fingerprint density at radius 2 is 2.29 bits per heavy atom. The van der Waals surface area contributed by atoms with Gasteiger partial charge in [-0.05, 0) is 28.1 Å². The van der Waals surface area contributed by atoms with Crippen molar-refractivity contribution in [2.24, 2.45) is 5.73 Å². The maximum atomic E-state index is 11.5. The van der Waals surface area contributed by atoms with Crippen molar-refractivity contribution in [1.82, 2.24) is 0 Å². The predicted molar refractivity (Wildman–Crippen MR) is 59.1 cm³/mol. The molecule has 0 atom stereocenters. The zero-order valence-electron chi connectivity index (χ0n) is 7.51. The molecule has 0 aromatic heterocycles. The molecule has 0 amide bonds. The van der Waals surface area contributed by atoms with Gasteiger partial charge < -0.3 is 10.5 Å². The van der Waals surface area contributed by atoms with Gasteiger partial charge in [0.15, 0.2) is 5.78 Å². The van der Waals surface area contributed by atoms with Crippen molar-refractivity contribution in [2.45, 2.75) is 0 Å². The molecule has 0 aliphatic rings. The minimum Gasteiger partial charge on any atom is -0.495 e. The summed E-state index contributed by atoms with van der Waals surface area (Å²) < 4.78 is 5.75. The number of halogens is 2. The van der Waals surface area contributed by atoms with Crippen LogP contribution in [0.4, 0.5) is 0 Å². The molecular weight excluding hydrogens is 269 g/mol. The van der Waals surface area contributed by atoms with Crippen molar-refractivity contribution in [1.29, 1.82) is 0 Å². The smallest absolute Gasteiger partial charge is 0.181 e. The average molecular weight is 279 g/mol. The molecule has 0 saturated heterocycles. The van der Waals surface area contributed by atoms with E-state index < -0.39 is 0 Å². The Morgan fingerprint density at radius 1 is 1.64 bits per heavy atom. The predicted octanol–water partition coefficient (Wildman–Crippen LogP) is 2.25. The summed E-state index contributed by atoms with van der Waals surface area (Å²) in [6.45, 7) is -0.0907.